The standard InChI is InChI=1S/C15H18BrN3O/c1-10(2)17-9-12-5-7-15(19-18-12)20-14-6-4-11(3)8-13(14)16/h4-8,10,17H,9H2,1-3H3. The zero-order valence-corrected chi connectivity index (χ0v) is 13.4. The normalized spacial score (nSPS) is 10.8. The van der Waals surface area contributed by atoms with Crippen LogP contribution in [0, 0.1) is 6.92 Å². The van der Waals surface area contributed by atoms with E-state index in [1.165, 1.54) is 5.56 Å². The second-order valence-electron chi connectivity index (χ2n) is 4.93. The molecule has 2 aromatic rings. The lowest BCUT2D eigenvalue weighted by Gasteiger charge is -2.09. The Labute approximate surface area is 127 Å². The van der Waals surface area contributed by atoms with Crippen LogP contribution < -0.4 is 10.1 Å². The first kappa shape index (κ1) is 14.9. The van der Waals surface area contributed by atoms with Gasteiger partial charge in [-0.1, -0.05) is 19.9 Å². The summed E-state index contributed by atoms with van der Waals surface area (Å²) in [5.74, 6) is 1.22. The highest BCUT2D eigenvalue weighted by Gasteiger charge is 2.05. The summed E-state index contributed by atoms with van der Waals surface area (Å²) in [7, 11) is 0. The van der Waals surface area contributed by atoms with Crippen molar-refractivity contribution in [2.45, 2.75) is 33.4 Å². The van der Waals surface area contributed by atoms with Gasteiger partial charge < -0.3 is 10.1 Å². The second kappa shape index (κ2) is 6.81. The molecule has 2 rings (SSSR count). The topological polar surface area (TPSA) is 47.0 Å². The quantitative estimate of drug-likeness (QED) is 0.901. The van der Waals surface area contributed by atoms with Crippen molar-refractivity contribution in [2.24, 2.45) is 0 Å². The molecule has 1 heterocycles. The number of halogens is 1. The van der Waals surface area contributed by atoms with Crippen LogP contribution in [0.1, 0.15) is 25.1 Å². The maximum absolute atomic E-state index is 5.70. The van der Waals surface area contributed by atoms with Gasteiger partial charge in [0.2, 0.25) is 5.88 Å². The number of aryl methyl sites for hydroxylation is 1. The molecule has 0 spiro atoms. The van der Waals surface area contributed by atoms with Crippen molar-refractivity contribution in [3.05, 3.63) is 46.1 Å². The first-order chi connectivity index (χ1) is 9.54. The van der Waals surface area contributed by atoms with Crippen LogP contribution in [-0.4, -0.2) is 16.2 Å². The van der Waals surface area contributed by atoms with E-state index >= 15 is 0 Å². The van der Waals surface area contributed by atoms with Gasteiger partial charge >= 0.3 is 0 Å². The molecule has 4 nitrogen and oxygen atoms in total. The van der Waals surface area contributed by atoms with Crippen LogP contribution in [-0.2, 0) is 6.54 Å². The van der Waals surface area contributed by atoms with Crippen molar-refractivity contribution >= 4 is 15.9 Å². The predicted octanol–water partition coefficient (Wildman–Crippen LogP) is 3.84. The molecule has 20 heavy (non-hydrogen) atoms. The highest BCUT2D eigenvalue weighted by atomic mass is 79.9. The van der Waals surface area contributed by atoms with Gasteiger partial charge in [0.05, 0.1) is 10.2 Å². The summed E-state index contributed by atoms with van der Waals surface area (Å²) >= 11 is 3.48. The predicted molar refractivity (Wildman–Crippen MR) is 83.0 cm³/mol. The number of hydrogen-bond donors (Lipinski definition) is 1. The summed E-state index contributed by atoms with van der Waals surface area (Å²) in [4.78, 5) is 0. The van der Waals surface area contributed by atoms with Gasteiger partial charge in [-0.3, -0.25) is 0 Å². The van der Waals surface area contributed by atoms with E-state index in [1.807, 2.05) is 37.3 Å². The van der Waals surface area contributed by atoms with Gasteiger partial charge in [0.1, 0.15) is 5.75 Å². The van der Waals surface area contributed by atoms with Crippen LogP contribution in [0.2, 0.25) is 0 Å². The SMILES string of the molecule is Cc1ccc(Oc2ccc(CNC(C)C)nn2)c(Br)c1. The highest BCUT2D eigenvalue weighted by Crippen LogP contribution is 2.29. The average molecular weight is 336 g/mol. The molecule has 1 aromatic carbocycles. The number of ether oxygens (including phenoxy) is 1. The van der Waals surface area contributed by atoms with E-state index < -0.39 is 0 Å². The Kier molecular flexibility index (Phi) is 5.09. The molecule has 0 bridgehead atoms. The summed E-state index contributed by atoms with van der Waals surface area (Å²) < 4.78 is 6.61. The fourth-order valence-corrected chi connectivity index (χ4v) is 2.18. The van der Waals surface area contributed by atoms with Gasteiger partial charge in [0.15, 0.2) is 0 Å². The summed E-state index contributed by atoms with van der Waals surface area (Å²) in [5.41, 5.74) is 2.07. The third kappa shape index (κ3) is 4.28. The number of aromatic nitrogens is 2. The average Bonchev–Trinajstić information content (AvgIpc) is 2.41. The molecule has 0 saturated carbocycles. The molecule has 0 radical (unpaired) electrons. The van der Waals surface area contributed by atoms with E-state index in [2.05, 4.69) is 45.3 Å². The minimum absolute atomic E-state index is 0.427. The molecule has 1 aromatic heterocycles. The fraction of sp³-hybridized carbons (Fsp3) is 0.333. The van der Waals surface area contributed by atoms with Crippen molar-refractivity contribution in [3.63, 3.8) is 0 Å². The number of nitrogens with one attached hydrogen (secondary N) is 1. The van der Waals surface area contributed by atoms with Gasteiger partial charge in [-0.2, -0.15) is 5.10 Å². The molecule has 0 unspecified atom stereocenters. The molecular formula is C15H18BrN3O. The second-order valence-corrected chi connectivity index (χ2v) is 5.79. The molecule has 0 aliphatic carbocycles. The van der Waals surface area contributed by atoms with Crippen LogP contribution in [0.4, 0.5) is 0 Å². The molecule has 0 aliphatic rings. The molecule has 0 aliphatic heterocycles. The first-order valence-electron chi connectivity index (χ1n) is 6.54. The first-order valence-corrected chi connectivity index (χ1v) is 7.34. The lowest BCUT2D eigenvalue weighted by Crippen LogP contribution is -2.22. The van der Waals surface area contributed by atoms with Crippen molar-refractivity contribution in [1.82, 2.24) is 15.5 Å². The van der Waals surface area contributed by atoms with Crippen molar-refractivity contribution in [1.29, 1.82) is 0 Å². The van der Waals surface area contributed by atoms with E-state index in [0.29, 0.717) is 18.5 Å². The fourth-order valence-electron chi connectivity index (χ4n) is 1.61. The summed E-state index contributed by atoms with van der Waals surface area (Å²) in [6.45, 7) is 6.93. The van der Waals surface area contributed by atoms with Crippen LogP contribution >= 0.6 is 15.9 Å². The molecule has 0 fully saturated rings. The van der Waals surface area contributed by atoms with Crippen molar-refractivity contribution in [2.75, 3.05) is 0 Å². The maximum atomic E-state index is 5.70. The molecule has 5 heteroatoms. The zero-order chi connectivity index (χ0) is 14.5. The summed E-state index contributed by atoms with van der Waals surface area (Å²) in [6, 6.07) is 10.1. The smallest absolute Gasteiger partial charge is 0.238 e. The summed E-state index contributed by atoms with van der Waals surface area (Å²) in [6.07, 6.45) is 0. The minimum Gasteiger partial charge on any atom is -0.436 e. The Balaban J connectivity index is 2.03. The van der Waals surface area contributed by atoms with Crippen LogP contribution in [0.5, 0.6) is 11.6 Å². The molecular weight excluding hydrogens is 318 g/mol. The van der Waals surface area contributed by atoms with Crippen molar-refractivity contribution in [3.8, 4) is 11.6 Å². The Morgan fingerprint density at radius 2 is 2.00 bits per heavy atom. The highest BCUT2D eigenvalue weighted by molar-refractivity contribution is 9.10. The van der Waals surface area contributed by atoms with Gasteiger partial charge in [-0.15, -0.1) is 5.10 Å². The molecule has 0 amide bonds. The Morgan fingerprint density at radius 3 is 2.60 bits per heavy atom. The molecule has 0 saturated heterocycles. The number of benzene rings is 1. The molecule has 0 atom stereocenters. The van der Waals surface area contributed by atoms with Gasteiger partial charge in [-0.05, 0) is 46.6 Å². The van der Waals surface area contributed by atoms with Crippen molar-refractivity contribution < 1.29 is 4.74 Å². The lowest BCUT2D eigenvalue weighted by atomic mass is 10.2. The van der Waals surface area contributed by atoms with Crippen LogP contribution in [0.15, 0.2) is 34.8 Å². The van der Waals surface area contributed by atoms with Gasteiger partial charge in [0, 0.05) is 18.7 Å². The van der Waals surface area contributed by atoms with E-state index in [4.69, 9.17) is 4.74 Å². The summed E-state index contributed by atoms with van der Waals surface area (Å²) in [5, 5.41) is 11.5. The Hall–Kier alpha value is -1.46. The third-order valence-electron chi connectivity index (χ3n) is 2.69. The van der Waals surface area contributed by atoms with Crippen LogP contribution in [0.25, 0.3) is 0 Å². The minimum atomic E-state index is 0.427. The largest absolute Gasteiger partial charge is 0.436 e. The lowest BCUT2D eigenvalue weighted by molar-refractivity contribution is 0.449. The van der Waals surface area contributed by atoms with Gasteiger partial charge in [-0.25, -0.2) is 0 Å². The zero-order valence-electron chi connectivity index (χ0n) is 11.9. The molecule has 106 valence electrons. The van der Waals surface area contributed by atoms with E-state index in [-0.39, 0.29) is 0 Å². The Morgan fingerprint density at radius 1 is 1.20 bits per heavy atom. The monoisotopic (exact) mass is 335 g/mol. The number of hydrogen-bond acceptors (Lipinski definition) is 4. The molecule has 1 N–H and O–H groups in total. The maximum Gasteiger partial charge on any atom is 0.238 e. The van der Waals surface area contributed by atoms with Crippen LogP contribution in [0.3, 0.4) is 0 Å². The van der Waals surface area contributed by atoms with Gasteiger partial charge in [0.25, 0.3) is 0 Å². The third-order valence-corrected chi connectivity index (χ3v) is 3.31. The number of nitrogens with zero attached hydrogens (tertiary/aromatic N) is 2. The number of rotatable bonds is 5. The Bertz CT molecular complexity index is 570. The van der Waals surface area contributed by atoms with E-state index in [9.17, 15) is 0 Å². The van der Waals surface area contributed by atoms with E-state index in [0.717, 1.165) is 15.9 Å². The van der Waals surface area contributed by atoms with E-state index in [1.54, 1.807) is 0 Å².